The standard InChI is InChI=1S/C23H27N3O3S/c1-15-9-16(2)20-11-17(22(27)25-21(20)10-15)13-26(14-19-6-4-8-29-19)23(30)24-12-18-5-3-7-28-18/h4,6,8-11,18H,3,5,7,12-14H2,1-2H3,(H,24,30)(H,25,27)/t18-/m0/s1. The predicted molar refractivity (Wildman–Crippen MR) is 122 cm³/mol. The van der Waals surface area contributed by atoms with Gasteiger partial charge in [0.1, 0.15) is 5.76 Å². The maximum absolute atomic E-state index is 12.8. The highest BCUT2D eigenvalue weighted by Crippen LogP contribution is 2.20. The molecule has 1 fully saturated rings. The van der Waals surface area contributed by atoms with Crippen molar-refractivity contribution in [3.05, 3.63) is 69.4 Å². The predicted octanol–water partition coefficient (Wildman–Crippen LogP) is 3.79. The SMILES string of the molecule is Cc1cc(C)c2cc(CN(Cc3ccco3)C(=S)NC[C@@H]3CCCO3)c(=O)[nH]c2c1. The average Bonchev–Trinajstić information content (AvgIpc) is 3.40. The van der Waals surface area contributed by atoms with Gasteiger partial charge >= 0.3 is 0 Å². The largest absolute Gasteiger partial charge is 0.467 e. The van der Waals surface area contributed by atoms with Crippen LogP contribution in [0.4, 0.5) is 0 Å². The van der Waals surface area contributed by atoms with Crippen LogP contribution < -0.4 is 10.9 Å². The Morgan fingerprint density at radius 3 is 2.90 bits per heavy atom. The van der Waals surface area contributed by atoms with E-state index in [-0.39, 0.29) is 11.7 Å². The van der Waals surface area contributed by atoms with Crippen molar-refractivity contribution in [1.29, 1.82) is 0 Å². The third-order valence-electron chi connectivity index (χ3n) is 5.47. The van der Waals surface area contributed by atoms with Gasteiger partial charge in [-0.1, -0.05) is 6.07 Å². The molecule has 30 heavy (non-hydrogen) atoms. The lowest BCUT2D eigenvalue weighted by molar-refractivity contribution is 0.113. The zero-order valence-corrected chi connectivity index (χ0v) is 18.2. The van der Waals surface area contributed by atoms with Crippen LogP contribution in [0.3, 0.4) is 0 Å². The summed E-state index contributed by atoms with van der Waals surface area (Å²) in [4.78, 5) is 17.8. The maximum atomic E-state index is 12.8. The number of rotatable bonds is 6. The monoisotopic (exact) mass is 425 g/mol. The van der Waals surface area contributed by atoms with Gasteiger partial charge in [-0.2, -0.15) is 0 Å². The molecule has 1 atom stereocenters. The molecule has 0 amide bonds. The van der Waals surface area contributed by atoms with E-state index in [1.54, 1.807) is 6.26 Å². The van der Waals surface area contributed by atoms with Gasteiger partial charge in [0.2, 0.25) is 0 Å². The van der Waals surface area contributed by atoms with Gasteiger partial charge in [-0.15, -0.1) is 0 Å². The molecular formula is C23H27N3O3S. The number of hydrogen-bond acceptors (Lipinski definition) is 4. The Labute approximate surface area is 181 Å². The molecule has 1 aliphatic rings. The summed E-state index contributed by atoms with van der Waals surface area (Å²) < 4.78 is 11.2. The van der Waals surface area contributed by atoms with Gasteiger partial charge in [0, 0.05) is 29.6 Å². The first-order valence-corrected chi connectivity index (χ1v) is 10.7. The van der Waals surface area contributed by atoms with Crippen molar-refractivity contribution in [1.82, 2.24) is 15.2 Å². The summed E-state index contributed by atoms with van der Waals surface area (Å²) >= 11 is 5.67. The van der Waals surface area contributed by atoms with Gasteiger partial charge in [-0.25, -0.2) is 0 Å². The number of hydrogen-bond donors (Lipinski definition) is 2. The van der Waals surface area contributed by atoms with E-state index < -0.39 is 0 Å². The number of pyridine rings is 1. The summed E-state index contributed by atoms with van der Waals surface area (Å²) in [5, 5.41) is 4.94. The molecule has 2 N–H and O–H groups in total. The van der Waals surface area contributed by atoms with Crippen LogP contribution in [-0.2, 0) is 17.8 Å². The lowest BCUT2D eigenvalue weighted by atomic mass is 10.0. The van der Waals surface area contributed by atoms with Crippen LogP contribution in [-0.4, -0.2) is 34.3 Å². The number of furan rings is 1. The smallest absolute Gasteiger partial charge is 0.253 e. The van der Waals surface area contributed by atoms with E-state index in [9.17, 15) is 4.79 Å². The highest BCUT2D eigenvalue weighted by atomic mass is 32.1. The first kappa shape index (κ1) is 20.6. The molecule has 0 spiro atoms. The van der Waals surface area contributed by atoms with Crippen LogP contribution >= 0.6 is 12.2 Å². The molecule has 7 heteroatoms. The fourth-order valence-corrected chi connectivity index (χ4v) is 4.16. The van der Waals surface area contributed by atoms with Crippen LogP contribution in [0.2, 0.25) is 0 Å². The van der Waals surface area contributed by atoms with Crippen LogP contribution in [0.25, 0.3) is 10.9 Å². The normalized spacial score (nSPS) is 16.1. The highest BCUT2D eigenvalue weighted by molar-refractivity contribution is 7.80. The summed E-state index contributed by atoms with van der Waals surface area (Å²) in [5.41, 5.74) is 3.69. The van der Waals surface area contributed by atoms with Crippen molar-refractivity contribution in [3.8, 4) is 0 Å². The summed E-state index contributed by atoms with van der Waals surface area (Å²) in [6.45, 7) is 6.43. The Morgan fingerprint density at radius 2 is 2.17 bits per heavy atom. The van der Waals surface area contributed by atoms with E-state index in [1.807, 2.05) is 36.1 Å². The molecule has 1 aliphatic heterocycles. The summed E-state index contributed by atoms with van der Waals surface area (Å²) in [6, 6.07) is 9.86. The van der Waals surface area contributed by atoms with E-state index >= 15 is 0 Å². The van der Waals surface area contributed by atoms with E-state index in [0.717, 1.165) is 47.2 Å². The Hall–Kier alpha value is -2.64. The van der Waals surface area contributed by atoms with Gasteiger partial charge in [-0.3, -0.25) is 4.79 Å². The lowest BCUT2D eigenvalue weighted by Crippen LogP contribution is -2.42. The second-order valence-electron chi connectivity index (χ2n) is 7.92. The molecule has 0 unspecified atom stereocenters. The quantitative estimate of drug-likeness (QED) is 0.586. The number of H-pyrrole nitrogens is 1. The third kappa shape index (κ3) is 4.74. The van der Waals surface area contributed by atoms with Crippen LogP contribution in [0.15, 0.2) is 45.8 Å². The minimum absolute atomic E-state index is 0.0983. The Morgan fingerprint density at radius 1 is 1.30 bits per heavy atom. The van der Waals surface area contributed by atoms with Gasteiger partial charge in [0.05, 0.1) is 25.5 Å². The van der Waals surface area contributed by atoms with Crippen molar-refractivity contribution < 1.29 is 9.15 Å². The molecule has 4 rings (SSSR count). The van der Waals surface area contributed by atoms with Gasteiger partial charge in [0.25, 0.3) is 5.56 Å². The van der Waals surface area contributed by atoms with Crippen molar-refractivity contribution in [2.45, 2.75) is 45.9 Å². The number of fused-ring (bicyclic) bond motifs is 1. The fraction of sp³-hybridized carbons (Fsp3) is 0.391. The molecular weight excluding hydrogens is 398 g/mol. The van der Waals surface area contributed by atoms with E-state index in [1.165, 1.54) is 0 Å². The number of ether oxygens (including phenoxy) is 1. The van der Waals surface area contributed by atoms with Gasteiger partial charge in [-0.05, 0) is 74.3 Å². The topological polar surface area (TPSA) is 70.5 Å². The number of nitrogens with zero attached hydrogens (tertiary/aromatic N) is 1. The number of aromatic nitrogens is 1. The van der Waals surface area contributed by atoms with Crippen molar-refractivity contribution in [3.63, 3.8) is 0 Å². The van der Waals surface area contributed by atoms with Crippen molar-refractivity contribution in [2.24, 2.45) is 0 Å². The second kappa shape index (κ2) is 9.02. The second-order valence-corrected chi connectivity index (χ2v) is 8.31. The van der Waals surface area contributed by atoms with Crippen LogP contribution in [0.1, 0.15) is 35.3 Å². The molecule has 1 saturated heterocycles. The summed E-state index contributed by atoms with van der Waals surface area (Å²) in [5.74, 6) is 0.792. The zero-order valence-electron chi connectivity index (χ0n) is 17.4. The molecule has 1 aromatic carbocycles. The lowest BCUT2D eigenvalue weighted by Gasteiger charge is -2.26. The Kier molecular flexibility index (Phi) is 6.20. The fourth-order valence-electron chi connectivity index (χ4n) is 3.95. The number of aromatic amines is 1. The number of thiocarbonyl (C=S) groups is 1. The molecule has 0 saturated carbocycles. The van der Waals surface area contributed by atoms with Gasteiger partial charge < -0.3 is 24.4 Å². The highest BCUT2D eigenvalue weighted by Gasteiger charge is 2.19. The number of aryl methyl sites for hydroxylation is 2. The number of nitrogens with one attached hydrogen (secondary N) is 2. The zero-order chi connectivity index (χ0) is 21.1. The van der Waals surface area contributed by atoms with E-state index in [4.69, 9.17) is 21.4 Å². The van der Waals surface area contributed by atoms with Crippen LogP contribution in [0.5, 0.6) is 0 Å². The molecule has 3 aromatic rings. The average molecular weight is 426 g/mol. The molecule has 6 nitrogen and oxygen atoms in total. The van der Waals surface area contributed by atoms with E-state index in [2.05, 4.69) is 23.3 Å². The summed E-state index contributed by atoms with van der Waals surface area (Å²) in [6.07, 6.45) is 3.95. The van der Waals surface area contributed by atoms with Gasteiger partial charge in [0.15, 0.2) is 5.11 Å². The molecule has 3 heterocycles. The van der Waals surface area contributed by atoms with E-state index in [0.29, 0.717) is 30.3 Å². The van der Waals surface area contributed by atoms with Crippen molar-refractivity contribution >= 4 is 28.2 Å². The molecule has 0 bridgehead atoms. The molecule has 158 valence electrons. The Balaban J connectivity index is 1.58. The first-order chi connectivity index (χ1) is 14.5. The molecule has 0 aliphatic carbocycles. The third-order valence-corrected chi connectivity index (χ3v) is 5.87. The molecule has 0 radical (unpaired) electrons. The summed E-state index contributed by atoms with van der Waals surface area (Å²) in [7, 11) is 0. The first-order valence-electron chi connectivity index (χ1n) is 10.3. The minimum atomic E-state index is -0.0983. The Bertz CT molecular complexity index is 1090. The van der Waals surface area contributed by atoms with Crippen molar-refractivity contribution in [2.75, 3.05) is 13.2 Å². The maximum Gasteiger partial charge on any atom is 0.253 e. The molecule has 2 aromatic heterocycles. The minimum Gasteiger partial charge on any atom is -0.467 e. The number of benzene rings is 1. The van der Waals surface area contributed by atoms with Crippen LogP contribution in [0, 0.1) is 13.8 Å².